The normalized spacial score (nSPS) is 17.1. The summed E-state index contributed by atoms with van der Waals surface area (Å²) in [5.74, 6) is 1.84. The van der Waals surface area contributed by atoms with E-state index in [2.05, 4.69) is 33.9 Å². The molecule has 1 N–H and O–H groups in total. The topological polar surface area (TPSA) is 61.4 Å². The Hall–Kier alpha value is -2.54. The summed E-state index contributed by atoms with van der Waals surface area (Å²) in [6, 6.07) is 7.88. The molecular weight excluding hydrogens is 381 g/mol. The number of benzene rings is 1. The number of carbonyl (C=O) groups is 1. The van der Waals surface area contributed by atoms with Crippen molar-refractivity contribution < 1.29 is 9.18 Å². The number of rotatable bonds is 6. The van der Waals surface area contributed by atoms with E-state index in [0.29, 0.717) is 0 Å². The second kappa shape index (κ2) is 9.51. The van der Waals surface area contributed by atoms with Crippen LogP contribution in [-0.4, -0.2) is 53.0 Å². The quantitative estimate of drug-likeness (QED) is 0.786. The Kier molecular flexibility index (Phi) is 7.02. The Morgan fingerprint density at radius 1 is 1.03 bits per heavy atom. The maximum absolute atomic E-state index is 13.1. The monoisotopic (exact) mass is 413 g/mol. The Bertz CT molecular complexity index is 862. The van der Waals surface area contributed by atoms with Crippen molar-refractivity contribution in [2.24, 2.45) is 0 Å². The van der Waals surface area contributed by atoms with Crippen LogP contribution in [-0.2, 0) is 4.79 Å². The summed E-state index contributed by atoms with van der Waals surface area (Å²) < 4.78 is 13.1. The highest BCUT2D eigenvalue weighted by molar-refractivity contribution is 5.81. The smallest absolute Gasteiger partial charge is 0.237 e. The van der Waals surface area contributed by atoms with Gasteiger partial charge in [0.15, 0.2) is 0 Å². The molecular formula is C23H32FN5O. The summed E-state index contributed by atoms with van der Waals surface area (Å²) >= 11 is 0. The van der Waals surface area contributed by atoms with E-state index in [1.54, 1.807) is 12.1 Å². The molecule has 2 aromatic rings. The number of amides is 1. The van der Waals surface area contributed by atoms with Gasteiger partial charge in [-0.2, -0.15) is 0 Å². The summed E-state index contributed by atoms with van der Waals surface area (Å²) in [6.07, 6.45) is 0. The number of nitrogens with one attached hydrogen (secondary N) is 1. The van der Waals surface area contributed by atoms with Gasteiger partial charge in [0, 0.05) is 43.9 Å². The van der Waals surface area contributed by atoms with Gasteiger partial charge in [0.1, 0.15) is 17.5 Å². The van der Waals surface area contributed by atoms with Crippen LogP contribution in [0.25, 0.3) is 0 Å². The fraction of sp³-hybridized carbons (Fsp3) is 0.522. The Morgan fingerprint density at radius 2 is 1.67 bits per heavy atom. The van der Waals surface area contributed by atoms with E-state index in [-0.39, 0.29) is 29.7 Å². The van der Waals surface area contributed by atoms with E-state index < -0.39 is 0 Å². The molecule has 0 spiro atoms. The number of nitrogens with zero attached hydrogens (tertiary/aromatic N) is 4. The lowest BCUT2D eigenvalue weighted by Crippen LogP contribution is -2.54. The van der Waals surface area contributed by atoms with Gasteiger partial charge in [0.05, 0.1) is 12.1 Å². The first-order valence-corrected chi connectivity index (χ1v) is 10.6. The fourth-order valence-electron chi connectivity index (χ4n) is 3.67. The van der Waals surface area contributed by atoms with Crippen LogP contribution in [0.1, 0.15) is 56.7 Å². The van der Waals surface area contributed by atoms with Gasteiger partial charge in [0.2, 0.25) is 5.91 Å². The van der Waals surface area contributed by atoms with Gasteiger partial charge in [0.25, 0.3) is 0 Å². The number of hydrogen-bond donors (Lipinski definition) is 1. The zero-order valence-electron chi connectivity index (χ0n) is 18.5. The molecule has 0 aliphatic carbocycles. The molecule has 0 saturated carbocycles. The van der Waals surface area contributed by atoms with E-state index in [9.17, 15) is 9.18 Å². The van der Waals surface area contributed by atoms with Crippen LogP contribution in [0, 0.1) is 12.7 Å². The maximum Gasteiger partial charge on any atom is 0.237 e. The van der Waals surface area contributed by atoms with Crippen molar-refractivity contribution in [3.63, 3.8) is 0 Å². The molecule has 3 rings (SSSR count). The Labute approximate surface area is 178 Å². The lowest BCUT2D eigenvalue weighted by Gasteiger charge is -2.38. The summed E-state index contributed by atoms with van der Waals surface area (Å²) in [7, 11) is 0. The van der Waals surface area contributed by atoms with Crippen molar-refractivity contribution in [1.82, 2.24) is 20.2 Å². The third-order valence-corrected chi connectivity index (χ3v) is 5.67. The lowest BCUT2D eigenvalue weighted by atomic mass is 10.1. The van der Waals surface area contributed by atoms with Crippen molar-refractivity contribution in [3.05, 3.63) is 53.2 Å². The van der Waals surface area contributed by atoms with Crippen LogP contribution in [0.15, 0.2) is 30.3 Å². The van der Waals surface area contributed by atoms with Crippen molar-refractivity contribution in [1.29, 1.82) is 0 Å². The molecule has 2 atom stereocenters. The first-order chi connectivity index (χ1) is 14.2. The molecule has 1 aliphatic heterocycles. The molecule has 1 aromatic carbocycles. The maximum atomic E-state index is 13.1. The molecule has 1 aliphatic rings. The standard InChI is InChI=1S/C23H32FN5O/c1-15(2)22-25-16(3)14-21(27-22)29-12-10-28(11-13-29)18(5)23(30)26-17(4)19-6-8-20(24)9-7-19/h6-9,14-15,17-18H,10-13H2,1-5H3,(H,26,30)/t17-,18+/m0/s1. The average molecular weight is 414 g/mol. The van der Waals surface area contributed by atoms with Crippen LogP contribution in [0.4, 0.5) is 10.2 Å². The molecule has 1 fully saturated rings. The van der Waals surface area contributed by atoms with Crippen molar-refractivity contribution in [2.45, 2.75) is 52.6 Å². The molecule has 0 unspecified atom stereocenters. The second-order valence-electron chi connectivity index (χ2n) is 8.36. The molecule has 2 heterocycles. The minimum Gasteiger partial charge on any atom is -0.354 e. The Balaban J connectivity index is 1.56. The summed E-state index contributed by atoms with van der Waals surface area (Å²) in [6.45, 7) is 13.3. The van der Waals surface area contributed by atoms with Gasteiger partial charge in [-0.15, -0.1) is 0 Å². The SMILES string of the molecule is Cc1cc(N2CCN([C@H](C)C(=O)N[C@@H](C)c3ccc(F)cc3)CC2)nc(C(C)C)n1. The van der Waals surface area contributed by atoms with Gasteiger partial charge < -0.3 is 10.2 Å². The van der Waals surface area contributed by atoms with Gasteiger partial charge in [-0.25, -0.2) is 14.4 Å². The first-order valence-electron chi connectivity index (χ1n) is 10.6. The van der Waals surface area contributed by atoms with Gasteiger partial charge in [-0.1, -0.05) is 26.0 Å². The highest BCUT2D eigenvalue weighted by Crippen LogP contribution is 2.20. The second-order valence-corrected chi connectivity index (χ2v) is 8.36. The highest BCUT2D eigenvalue weighted by Gasteiger charge is 2.27. The van der Waals surface area contributed by atoms with E-state index >= 15 is 0 Å². The minimum absolute atomic E-state index is 0.0137. The molecule has 162 valence electrons. The van der Waals surface area contributed by atoms with E-state index in [1.807, 2.05) is 26.8 Å². The summed E-state index contributed by atoms with van der Waals surface area (Å²) in [5.41, 5.74) is 1.87. The van der Waals surface area contributed by atoms with Crippen molar-refractivity contribution in [3.8, 4) is 0 Å². The molecule has 1 saturated heterocycles. The third-order valence-electron chi connectivity index (χ3n) is 5.67. The Morgan fingerprint density at radius 3 is 2.27 bits per heavy atom. The lowest BCUT2D eigenvalue weighted by molar-refractivity contribution is -0.126. The number of anilines is 1. The minimum atomic E-state index is -0.275. The van der Waals surface area contributed by atoms with Crippen molar-refractivity contribution >= 4 is 11.7 Å². The molecule has 0 bridgehead atoms. The third kappa shape index (κ3) is 5.33. The van der Waals surface area contributed by atoms with Crippen LogP contribution in [0.2, 0.25) is 0 Å². The van der Waals surface area contributed by atoms with Crippen LogP contribution < -0.4 is 10.2 Å². The number of carbonyl (C=O) groups excluding carboxylic acids is 1. The number of aryl methyl sites for hydroxylation is 1. The average Bonchev–Trinajstić information content (AvgIpc) is 2.73. The van der Waals surface area contributed by atoms with E-state index in [0.717, 1.165) is 49.1 Å². The molecule has 1 amide bonds. The molecule has 7 heteroatoms. The summed E-state index contributed by atoms with van der Waals surface area (Å²) in [4.78, 5) is 26.5. The predicted molar refractivity (Wildman–Crippen MR) is 117 cm³/mol. The van der Waals surface area contributed by atoms with E-state index in [4.69, 9.17) is 4.98 Å². The highest BCUT2D eigenvalue weighted by atomic mass is 19.1. The van der Waals surface area contributed by atoms with Crippen LogP contribution in [0.5, 0.6) is 0 Å². The van der Waals surface area contributed by atoms with Gasteiger partial charge in [-0.3, -0.25) is 9.69 Å². The van der Waals surface area contributed by atoms with Crippen LogP contribution in [0.3, 0.4) is 0 Å². The van der Waals surface area contributed by atoms with Crippen molar-refractivity contribution in [2.75, 3.05) is 31.1 Å². The molecule has 0 radical (unpaired) electrons. The summed E-state index contributed by atoms with van der Waals surface area (Å²) in [5, 5.41) is 3.05. The molecule has 1 aromatic heterocycles. The molecule has 6 nitrogen and oxygen atoms in total. The number of halogens is 1. The number of aromatic nitrogens is 2. The van der Waals surface area contributed by atoms with Gasteiger partial charge in [-0.05, 0) is 38.5 Å². The van der Waals surface area contributed by atoms with E-state index in [1.165, 1.54) is 12.1 Å². The number of piperazine rings is 1. The number of hydrogen-bond acceptors (Lipinski definition) is 5. The zero-order valence-corrected chi connectivity index (χ0v) is 18.5. The largest absolute Gasteiger partial charge is 0.354 e. The van der Waals surface area contributed by atoms with Crippen LogP contribution >= 0.6 is 0 Å². The zero-order chi connectivity index (χ0) is 21.8. The first kappa shape index (κ1) is 22.2. The predicted octanol–water partition coefficient (Wildman–Crippen LogP) is 3.44. The van der Waals surface area contributed by atoms with Gasteiger partial charge >= 0.3 is 0 Å². The fourth-order valence-corrected chi connectivity index (χ4v) is 3.67. The molecule has 30 heavy (non-hydrogen) atoms.